The van der Waals surface area contributed by atoms with Gasteiger partial charge in [-0.2, -0.15) is 13.2 Å². The minimum Gasteiger partial charge on any atom is -0.379 e. The maximum absolute atomic E-state index is 13.2. The number of Topliss-reactive ketones (excluding diaryl/α,β-unsaturated/α-hetero) is 1. The normalized spacial score (nSPS) is 15.1. The molecule has 0 saturated heterocycles. The molecule has 0 N–H and O–H groups in total. The van der Waals surface area contributed by atoms with Gasteiger partial charge in [0.1, 0.15) is 10.7 Å². The SMILES string of the molecule is CC(C)CC(C)(c1ccccc1)c1ccc(OS(=O)(=O)C2=CC(=[N+]=[N-])C(=O)c3ccccc32)cc1. The van der Waals surface area contributed by atoms with Crippen molar-refractivity contribution in [3.63, 3.8) is 0 Å². The average Bonchev–Trinajstić information content (AvgIpc) is 2.84. The third kappa shape index (κ3) is 4.74. The number of rotatable bonds is 7. The molecule has 6 nitrogen and oxygen atoms in total. The van der Waals surface area contributed by atoms with Gasteiger partial charge in [0.15, 0.2) is 0 Å². The van der Waals surface area contributed by atoms with Crippen molar-refractivity contribution in [1.29, 1.82) is 0 Å². The van der Waals surface area contributed by atoms with Gasteiger partial charge in [0, 0.05) is 16.5 Å². The molecule has 0 amide bonds. The second-order valence-corrected chi connectivity index (χ2v) is 10.7. The summed E-state index contributed by atoms with van der Waals surface area (Å²) in [6, 6.07) is 23.5. The van der Waals surface area contributed by atoms with Crippen molar-refractivity contribution in [2.24, 2.45) is 5.92 Å². The minimum atomic E-state index is -4.32. The highest BCUT2D eigenvalue weighted by Crippen LogP contribution is 2.39. The number of allylic oxidation sites excluding steroid dienone is 1. The summed E-state index contributed by atoms with van der Waals surface area (Å²) in [5.74, 6) is 0.0307. The third-order valence-corrected chi connectivity index (χ3v) is 7.53. The molecular formula is C28H26N2O4S. The molecule has 178 valence electrons. The van der Waals surface area contributed by atoms with Crippen LogP contribution in [0.25, 0.3) is 10.4 Å². The number of fused-ring (bicyclic) bond motifs is 1. The van der Waals surface area contributed by atoms with Crippen LogP contribution < -0.4 is 4.18 Å². The Labute approximate surface area is 205 Å². The van der Waals surface area contributed by atoms with E-state index in [2.05, 4.69) is 37.7 Å². The molecule has 0 saturated carbocycles. The van der Waals surface area contributed by atoms with Crippen molar-refractivity contribution in [3.8, 4) is 5.75 Å². The van der Waals surface area contributed by atoms with Crippen molar-refractivity contribution in [2.45, 2.75) is 32.6 Å². The van der Waals surface area contributed by atoms with E-state index in [0.29, 0.717) is 5.92 Å². The molecule has 0 aliphatic heterocycles. The summed E-state index contributed by atoms with van der Waals surface area (Å²) in [5, 5.41) is 0. The third-order valence-electron chi connectivity index (χ3n) is 6.24. The predicted molar refractivity (Wildman–Crippen MR) is 136 cm³/mol. The zero-order valence-electron chi connectivity index (χ0n) is 19.8. The number of carbonyl (C=O) groups excluding carboxylic acids is 1. The first-order valence-electron chi connectivity index (χ1n) is 11.3. The summed E-state index contributed by atoms with van der Waals surface area (Å²) in [7, 11) is -4.32. The van der Waals surface area contributed by atoms with Gasteiger partial charge in [-0.3, -0.25) is 4.79 Å². The first-order chi connectivity index (χ1) is 16.7. The van der Waals surface area contributed by atoms with Gasteiger partial charge in [-0.15, -0.1) is 0 Å². The van der Waals surface area contributed by atoms with Crippen LogP contribution in [0.1, 0.15) is 54.2 Å². The number of hydrogen-bond donors (Lipinski definition) is 0. The van der Waals surface area contributed by atoms with E-state index in [1.807, 2.05) is 30.3 Å². The van der Waals surface area contributed by atoms with E-state index in [9.17, 15) is 18.7 Å². The Kier molecular flexibility index (Phi) is 6.57. The molecule has 1 unspecified atom stereocenters. The Balaban J connectivity index is 1.68. The highest BCUT2D eigenvalue weighted by Gasteiger charge is 2.36. The van der Waals surface area contributed by atoms with Crippen molar-refractivity contribution in [2.75, 3.05) is 0 Å². The summed E-state index contributed by atoms with van der Waals surface area (Å²) in [6.07, 6.45) is 1.94. The van der Waals surface area contributed by atoms with E-state index < -0.39 is 15.9 Å². The Bertz CT molecular complexity index is 1450. The molecule has 0 aromatic heterocycles. The largest absolute Gasteiger partial charge is 0.379 e. The Morgan fingerprint density at radius 3 is 2.06 bits per heavy atom. The molecule has 3 aromatic rings. The highest BCUT2D eigenvalue weighted by atomic mass is 32.2. The Morgan fingerprint density at radius 2 is 1.46 bits per heavy atom. The van der Waals surface area contributed by atoms with Crippen LogP contribution in [-0.4, -0.2) is 24.7 Å². The van der Waals surface area contributed by atoms with E-state index in [-0.39, 0.29) is 32.9 Å². The number of nitrogens with zero attached hydrogens (tertiary/aromatic N) is 2. The maximum atomic E-state index is 13.2. The molecule has 7 heteroatoms. The predicted octanol–water partition coefficient (Wildman–Crippen LogP) is 5.66. The van der Waals surface area contributed by atoms with Gasteiger partial charge in [0.2, 0.25) is 0 Å². The van der Waals surface area contributed by atoms with Crippen LogP contribution >= 0.6 is 0 Å². The van der Waals surface area contributed by atoms with E-state index in [1.165, 1.54) is 17.7 Å². The lowest BCUT2D eigenvalue weighted by atomic mass is 9.71. The molecule has 1 atom stereocenters. The average molecular weight is 487 g/mol. The molecule has 0 bridgehead atoms. The van der Waals surface area contributed by atoms with Crippen molar-refractivity contribution >= 4 is 26.5 Å². The maximum Gasteiger partial charge on any atom is 0.364 e. The summed E-state index contributed by atoms with van der Waals surface area (Å²) in [4.78, 5) is 15.2. The monoisotopic (exact) mass is 486 g/mol. The Hall–Kier alpha value is -3.80. The lowest BCUT2D eigenvalue weighted by Gasteiger charge is -2.33. The van der Waals surface area contributed by atoms with E-state index in [0.717, 1.165) is 18.1 Å². The Morgan fingerprint density at radius 1 is 0.886 bits per heavy atom. The first-order valence-corrected chi connectivity index (χ1v) is 12.7. The molecule has 1 aliphatic carbocycles. The van der Waals surface area contributed by atoms with Gasteiger partial charge >= 0.3 is 15.8 Å². The van der Waals surface area contributed by atoms with Crippen molar-refractivity contribution in [3.05, 3.63) is 113 Å². The van der Waals surface area contributed by atoms with Gasteiger partial charge in [-0.1, -0.05) is 87.5 Å². The van der Waals surface area contributed by atoms with E-state index in [4.69, 9.17) is 4.18 Å². The highest BCUT2D eigenvalue weighted by molar-refractivity contribution is 7.96. The fraction of sp³-hybridized carbons (Fsp3) is 0.214. The molecule has 0 radical (unpaired) electrons. The van der Waals surface area contributed by atoms with Gasteiger partial charge in [0.05, 0.1) is 6.08 Å². The van der Waals surface area contributed by atoms with Gasteiger partial charge < -0.3 is 9.71 Å². The van der Waals surface area contributed by atoms with Crippen molar-refractivity contribution < 1.29 is 22.2 Å². The first kappa shape index (κ1) is 24.3. The molecule has 1 aliphatic rings. The van der Waals surface area contributed by atoms with Crippen LogP contribution in [0.15, 0.2) is 84.9 Å². The molecule has 0 fully saturated rings. The van der Waals surface area contributed by atoms with Crippen LogP contribution in [0.2, 0.25) is 0 Å². The molecule has 0 spiro atoms. The van der Waals surface area contributed by atoms with Crippen LogP contribution in [0, 0.1) is 5.92 Å². The minimum absolute atomic E-state index is 0.132. The van der Waals surface area contributed by atoms with Gasteiger partial charge in [0.25, 0.3) is 5.78 Å². The fourth-order valence-corrected chi connectivity index (χ4v) is 5.81. The van der Waals surface area contributed by atoms with E-state index >= 15 is 0 Å². The van der Waals surface area contributed by atoms with Crippen LogP contribution in [-0.2, 0) is 15.5 Å². The standard InChI is InChI=1S/C28H26N2O4S/c1-19(2)18-28(3,20-9-5-4-6-10-20)21-13-15-22(16-14-21)34-35(32,33)26-17-25(30-29)27(31)24-12-8-7-11-23(24)26/h4-17,19H,18H2,1-3H3. The summed E-state index contributed by atoms with van der Waals surface area (Å²) in [5.41, 5.74) is 11.1. The van der Waals surface area contributed by atoms with Crippen molar-refractivity contribution in [1.82, 2.24) is 0 Å². The smallest absolute Gasteiger partial charge is 0.364 e. The summed E-state index contributed by atoms with van der Waals surface area (Å²) >= 11 is 0. The number of benzene rings is 3. The fourth-order valence-electron chi connectivity index (χ4n) is 4.66. The summed E-state index contributed by atoms with van der Waals surface area (Å²) in [6.45, 7) is 6.54. The zero-order valence-corrected chi connectivity index (χ0v) is 20.6. The van der Waals surface area contributed by atoms with Crippen LogP contribution in [0.3, 0.4) is 0 Å². The molecule has 4 rings (SSSR count). The van der Waals surface area contributed by atoms with Crippen LogP contribution in [0.5, 0.6) is 5.75 Å². The second kappa shape index (κ2) is 9.45. The lowest BCUT2D eigenvalue weighted by Crippen LogP contribution is -2.26. The van der Waals surface area contributed by atoms with Gasteiger partial charge in [-0.05, 0) is 35.6 Å². The molecule has 3 aromatic carbocycles. The van der Waals surface area contributed by atoms with Gasteiger partial charge in [-0.25, -0.2) is 0 Å². The van der Waals surface area contributed by atoms with Crippen LogP contribution in [0.4, 0.5) is 0 Å². The molecule has 35 heavy (non-hydrogen) atoms. The summed E-state index contributed by atoms with van der Waals surface area (Å²) < 4.78 is 31.8. The number of carbonyl (C=O) groups is 1. The zero-order chi connectivity index (χ0) is 25.2. The van der Waals surface area contributed by atoms with E-state index in [1.54, 1.807) is 24.3 Å². The number of ketones is 1. The molecule has 0 heterocycles. The molecular weight excluding hydrogens is 460 g/mol. The number of hydrogen-bond acceptors (Lipinski definition) is 4. The lowest BCUT2D eigenvalue weighted by molar-refractivity contribution is -0.00437. The second-order valence-electron chi connectivity index (χ2n) is 9.23. The quantitative estimate of drug-likeness (QED) is 0.245. The topological polar surface area (TPSA) is 96.8 Å².